The monoisotopic (exact) mass is 378 g/mol. The molecule has 0 bridgehead atoms. The van der Waals surface area contributed by atoms with E-state index >= 15 is 0 Å². The van der Waals surface area contributed by atoms with Crippen LogP contribution >= 0.6 is 0 Å². The van der Waals surface area contributed by atoms with Gasteiger partial charge in [0.05, 0.1) is 5.56 Å². The van der Waals surface area contributed by atoms with Crippen LogP contribution in [0, 0.1) is 19.3 Å². The fourth-order valence-corrected chi connectivity index (χ4v) is 2.33. The van der Waals surface area contributed by atoms with Gasteiger partial charge in [0.15, 0.2) is 0 Å². The SMILES string of the molecule is Cc1cccc(NC(=O)C(C)(C)C(=O)Nc2cccc(C(F)(F)F)c2)c1C. The maximum atomic E-state index is 12.8. The summed E-state index contributed by atoms with van der Waals surface area (Å²) in [5, 5.41) is 5.10. The summed E-state index contributed by atoms with van der Waals surface area (Å²) in [4.78, 5) is 25.1. The lowest BCUT2D eigenvalue weighted by molar-refractivity contribution is -0.138. The van der Waals surface area contributed by atoms with Gasteiger partial charge in [0, 0.05) is 11.4 Å². The van der Waals surface area contributed by atoms with E-state index in [0.29, 0.717) is 5.69 Å². The number of amides is 2. The summed E-state index contributed by atoms with van der Waals surface area (Å²) in [6.07, 6.45) is -4.52. The molecule has 2 aromatic rings. The highest BCUT2D eigenvalue weighted by molar-refractivity contribution is 6.14. The van der Waals surface area contributed by atoms with Gasteiger partial charge >= 0.3 is 6.18 Å². The van der Waals surface area contributed by atoms with Gasteiger partial charge in [0.2, 0.25) is 11.8 Å². The highest BCUT2D eigenvalue weighted by Gasteiger charge is 2.37. The zero-order valence-corrected chi connectivity index (χ0v) is 15.5. The van der Waals surface area contributed by atoms with E-state index in [2.05, 4.69) is 10.6 Å². The number of hydrogen-bond donors (Lipinski definition) is 2. The van der Waals surface area contributed by atoms with Crippen LogP contribution in [0.4, 0.5) is 24.5 Å². The molecule has 0 heterocycles. The first kappa shape index (κ1) is 20.5. The zero-order valence-electron chi connectivity index (χ0n) is 15.5. The number of rotatable bonds is 4. The van der Waals surface area contributed by atoms with Crippen molar-refractivity contribution in [2.45, 2.75) is 33.9 Å². The Labute approximate surface area is 155 Å². The van der Waals surface area contributed by atoms with E-state index in [1.807, 2.05) is 19.9 Å². The van der Waals surface area contributed by atoms with E-state index in [9.17, 15) is 22.8 Å². The maximum absolute atomic E-state index is 12.8. The second-order valence-corrected chi connectivity index (χ2v) is 6.86. The Balaban J connectivity index is 2.17. The van der Waals surface area contributed by atoms with Crippen molar-refractivity contribution in [2.75, 3.05) is 10.6 Å². The van der Waals surface area contributed by atoms with Crippen molar-refractivity contribution in [3.05, 3.63) is 59.2 Å². The van der Waals surface area contributed by atoms with Crippen LogP contribution in [0.25, 0.3) is 0 Å². The first-order valence-electron chi connectivity index (χ1n) is 8.29. The van der Waals surface area contributed by atoms with Crippen LogP contribution < -0.4 is 10.6 Å². The molecule has 0 unspecified atom stereocenters. The fourth-order valence-electron chi connectivity index (χ4n) is 2.33. The van der Waals surface area contributed by atoms with Crippen molar-refractivity contribution >= 4 is 23.2 Å². The van der Waals surface area contributed by atoms with E-state index in [1.54, 1.807) is 12.1 Å². The van der Waals surface area contributed by atoms with E-state index in [-0.39, 0.29) is 5.69 Å². The van der Waals surface area contributed by atoms with Crippen LogP contribution in [-0.2, 0) is 15.8 Å². The van der Waals surface area contributed by atoms with Crippen LogP contribution in [0.3, 0.4) is 0 Å². The largest absolute Gasteiger partial charge is 0.416 e. The van der Waals surface area contributed by atoms with Gasteiger partial charge in [-0.15, -0.1) is 0 Å². The van der Waals surface area contributed by atoms with Gasteiger partial charge in [0.25, 0.3) is 0 Å². The van der Waals surface area contributed by atoms with Crippen LogP contribution in [0.5, 0.6) is 0 Å². The van der Waals surface area contributed by atoms with Gasteiger partial charge in [-0.2, -0.15) is 13.2 Å². The van der Waals surface area contributed by atoms with Crippen LogP contribution in [-0.4, -0.2) is 11.8 Å². The minimum Gasteiger partial charge on any atom is -0.325 e. The standard InChI is InChI=1S/C20H21F3N2O2/c1-12-7-5-10-16(13(12)2)25-18(27)19(3,4)17(26)24-15-9-6-8-14(11-15)20(21,22)23/h5-11H,1-4H3,(H,24,26)(H,25,27). The molecule has 2 amide bonds. The molecule has 0 fully saturated rings. The molecule has 7 heteroatoms. The molecule has 0 radical (unpaired) electrons. The fraction of sp³-hybridized carbons (Fsp3) is 0.300. The second-order valence-electron chi connectivity index (χ2n) is 6.86. The predicted molar refractivity (Wildman–Crippen MR) is 98.4 cm³/mol. The van der Waals surface area contributed by atoms with E-state index in [1.165, 1.54) is 26.0 Å². The third-order valence-electron chi connectivity index (χ3n) is 4.44. The number of nitrogens with one attached hydrogen (secondary N) is 2. The molecule has 2 N–H and O–H groups in total. The van der Waals surface area contributed by atoms with Gasteiger partial charge in [-0.05, 0) is 63.1 Å². The van der Waals surface area contributed by atoms with Crippen molar-refractivity contribution in [1.82, 2.24) is 0 Å². The van der Waals surface area contributed by atoms with Crippen LogP contribution in [0.2, 0.25) is 0 Å². The smallest absolute Gasteiger partial charge is 0.325 e. The predicted octanol–water partition coefficient (Wildman–Crippen LogP) is 4.93. The van der Waals surface area contributed by atoms with Crippen molar-refractivity contribution in [1.29, 1.82) is 0 Å². The molecule has 2 rings (SSSR count). The number of carbonyl (C=O) groups excluding carboxylic acids is 2. The molecule has 0 aromatic heterocycles. The Bertz CT molecular complexity index is 874. The Morgan fingerprint density at radius 2 is 1.48 bits per heavy atom. The van der Waals surface area contributed by atoms with Crippen molar-refractivity contribution in [2.24, 2.45) is 5.41 Å². The number of aryl methyl sites for hydroxylation is 1. The minimum atomic E-state index is -4.52. The van der Waals surface area contributed by atoms with E-state index < -0.39 is 29.0 Å². The topological polar surface area (TPSA) is 58.2 Å². The average molecular weight is 378 g/mol. The van der Waals surface area contributed by atoms with Crippen molar-refractivity contribution < 1.29 is 22.8 Å². The normalized spacial score (nSPS) is 11.8. The lowest BCUT2D eigenvalue weighted by Crippen LogP contribution is -2.41. The zero-order chi connectivity index (χ0) is 20.4. The van der Waals surface area contributed by atoms with Gasteiger partial charge in [-0.25, -0.2) is 0 Å². The van der Waals surface area contributed by atoms with Crippen molar-refractivity contribution in [3.63, 3.8) is 0 Å². The molecule has 4 nitrogen and oxygen atoms in total. The lowest BCUT2D eigenvalue weighted by Gasteiger charge is -2.23. The number of benzene rings is 2. The molecule has 0 spiro atoms. The second kappa shape index (κ2) is 7.42. The lowest BCUT2D eigenvalue weighted by atomic mass is 9.90. The summed E-state index contributed by atoms with van der Waals surface area (Å²) in [6.45, 7) is 6.57. The molecule has 0 saturated carbocycles. The molecule has 0 aliphatic heterocycles. The molecular weight excluding hydrogens is 357 g/mol. The molecule has 0 saturated heterocycles. The van der Waals surface area contributed by atoms with Gasteiger partial charge in [-0.1, -0.05) is 18.2 Å². The van der Waals surface area contributed by atoms with E-state index in [4.69, 9.17) is 0 Å². The van der Waals surface area contributed by atoms with Gasteiger partial charge < -0.3 is 10.6 Å². The quantitative estimate of drug-likeness (QED) is 0.742. The molecule has 2 aromatic carbocycles. The summed E-state index contributed by atoms with van der Waals surface area (Å²) in [6, 6.07) is 9.68. The minimum absolute atomic E-state index is 0.0255. The Morgan fingerprint density at radius 1 is 0.889 bits per heavy atom. The first-order valence-corrected chi connectivity index (χ1v) is 8.29. The molecule has 0 aliphatic rings. The van der Waals surface area contributed by atoms with Crippen molar-refractivity contribution in [3.8, 4) is 0 Å². The van der Waals surface area contributed by atoms with Crippen LogP contribution in [0.1, 0.15) is 30.5 Å². The number of halogens is 3. The number of hydrogen-bond acceptors (Lipinski definition) is 2. The summed E-state index contributed by atoms with van der Waals surface area (Å²) in [5.41, 5.74) is 0.0454. The molecule has 0 atom stereocenters. The molecule has 27 heavy (non-hydrogen) atoms. The Kier molecular flexibility index (Phi) is 5.63. The van der Waals surface area contributed by atoms with E-state index in [0.717, 1.165) is 23.3 Å². The third-order valence-corrected chi connectivity index (χ3v) is 4.44. The Hall–Kier alpha value is -2.83. The Morgan fingerprint density at radius 3 is 2.11 bits per heavy atom. The summed E-state index contributed by atoms with van der Waals surface area (Å²) in [7, 11) is 0. The first-order chi connectivity index (χ1) is 12.4. The van der Waals surface area contributed by atoms with Crippen LogP contribution in [0.15, 0.2) is 42.5 Å². The maximum Gasteiger partial charge on any atom is 0.416 e. The molecular formula is C20H21F3N2O2. The molecule has 144 valence electrons. The number of alkyl halides is 3. The summed E-state index contributed by atoms with van der Waals surface area (Å²) >= 11 is 0. The number of anilines is 2. The molecule has 0 aliphatic carbocycles. The summed E-state index contributed by atoms with van der Waals surface area (Å²) < 4.78 is 38.4. The van der Waals surface area contributed by atoms with Gasteiger partial charge in [-0.3, -0.25) is 9.59 Å². The average Bonchev–Trinajstić information content (AvgIpc) is 2.58. The van der Waals surface area contributed by atoms with Gasteiger partial charge in [0.1, 0.15) is 5.41 Å². The highest BCUT2D eigenvalue weighted by Crippen LogP contribution is 2.31. The number of carbonyl (C=O) groups is 2. The third kappa shape index (κ3) is 4.67. The summed E-state index contributed by atoms with van der Waals surface area (Å²) in [5.74, 6) is -1.26. The highest BCUT2D eigenvalue weighted by atomic mass is 19.4.